The highest BCUT2D eigenvalue weighted by atomic mass is 32.1. The fourth-order valence-electron chi connectivity index (χ4n) is 2.52. The molecule has 23 heavy (non-hydrogen) atoms. The predicted octanol–water partition coefficient (Wildman–Crippen LogP) is 1.17. The molecule has 0 aromatic carbocycles. The van der Waals surface area contributed by atoms with Gasteiger partial charge in [-0.05, 0) is 24.3 Å². The van der Waals surface area contributed by atoms with Crippen LogP contribution in [-0.2, 0) is 0 Å². The lowest BCUT2D eigenvalue weighted by atomic mass is 10.4. The van der Waals surface area contributed by atoms with Crippen molar-refractivity contribution in [2.24, 2.45) is 0 Å². The first-order chi connectivity index (χ1) is 11.2. The fourth-order valence-corrected chi connectivity index (χ4v) is 11.2. The third kappa shape index (κ3) is 3.98. The van der Waals surface area contributed by atoms with Crippen molar-refractivity contribution in [1.82, 2.24) is 0 Å². The van der Waals surface area contributed by atoms with Crippen LogP contribution in [-0.4, -0.2) is 47.8 Å². The third-order valence-electron chi connectivity index (χ3n) is 3.64. The minimum atomic E-state index is -0.325. The summed E-state index contributed by atoms with van der Waals surface area (Å²) < 4.78 is 6.27. The monoisotopic (exact) mass is 414 g/mol. The molecule has 0 amide bonds. The Bertz CT molecular complexity index is 868. The van der Waals surface area contributed by atoms with E-state index in [0.29, 0.717) is 0 Å². The summed E-state index contributed by atoms with van der Waals surface area (Å²) in [4.78, 5) is 5.81. The molecule has 0 N–H and O–H groups in total. The molecule has 0 aliphatic heterocycles. The quantitative estimate of drug-likeness (QED) is 0.440. The summed E-state index contributed by atoms with van der Waals surface area (Å²) in [7, 11) is 0. The summed E-state index contributed by atoms with van der Waals surface area (Å²) in [5.41, 5.74) is 0. The van der Waals surface area contributed by atoms with E-state index in [1.54, 1.807) is 7.48 Å². The molecule has 0 aliphatic rings. The molecular weight excluding hydrogens is 401 g/mol. The first kappa shape index (κ1) is 16.8. The van der Waals surface area contributed by atoms with Crippen molar-refractivity contribution in [1.29, 1.82) is 0 Å². The second kappa shape index (κ2) is 7.33. The maximum absolute atomic E-state index is 2.36. The summed E-state index contributed by atoms with van der Waals surface area (Å²) in [5.74, 6) is 0. The van der Waals surface area contributed by atoms with Gasteiger partial charge in [-0.15, -0.1) is 0 Å². The van der Waals surface area contributed by atoms with Crippen molar-refractivity contribution in [3.05, 3.63) is 48.5 Å². The summed E-state index contributed by atoms with van der Waals surface area (Å²) in [5, 5.41) is 0. The molecule has 0 bridgehead atoms. The van der Waals surface area contributed by atoms with E-state index >= 15 is 0 Å². The van der Waals surface area contributed by atoms with E-state index in [9.17, 15) is 0 Å². The van der Waals surface area contributed by atoms with Crippen LogP contribution in [0.3, 0.4) is 0 Å². The molecule has 0 saturated carbocycles. The molecule has 110 valence electrons. The van der Waals surface area contributed by atoms with E-state index in [1.165, 1.54) is 27.0 Å². The van der Waals surface area contributed by atoms with Crippen LogP contribution in [0.1, 0.15) is 0 Å². The van der Waals surface area contributed by atoms with Crippen LogP contribution in [0.2, 0.25) is 0 Å². The van der Waals surface area contributed by atoms with Gasteiger partial charge in [-0.3, -0.25) is 0 Å². The van der Waals surface area contributed by atoms with E-state index < -0.39 is 0 Å². The summed E-state index contributed by atoms with van der Waals surface area (Å²) >= 11 is 9.93. The van der Waals surface area contributed by atoms with Gasteiger partial charge in [0.1, 0.15) is 0 Å². The summed E-state index contributed by atoms with van der Waals surface area (Å²) in [6.07, 6.45) is 0. The average Bonchev–Trinajstić information content (AvgIpc) is 3.26. The van der Waals surface area contributed by atoms with E-state index in [0.717, 1.165) is 32.6 Å². The molecular formula is C16H13Al3S4. The van der Waals surface area contributed by atoms with Crippen LogP contribution >= 0.6 is 45.3 Å². The Morgan fingerprint density at radius 3 is 1.30 bits per heavy atom. The normalized spacial score (nSPS) is 11.0. The molecule has 4 heterocycles. The van der Waals surface area contributed by atoms with Crippen molar-refractivity contribution in [2.75, 3.05) is 0 Å². The van der Waals surface area contributed by atoms with Gasteiger partial charge in [-0.2, -0.15) is 45.3 Å². The molecule has 0 atom stereocenters. The van der Waals surface area contributed by atoms with Crippen LogP contribution in [0.4, 0.5) is 0 Å². The second-order valence-electron chi connectivity index (χ2n) is 5.53. The Morgan fingerprint density at radius 1 is 0.522 bits per heavy atom. The van der Waals surface area contributed by atoms with Gasteiger partial charge in [0.2, 0.25) is 0 Å². The Kier molecular flexibility index (Phi) is 5.37. The maximum Gasteiger partial charge on any atom is 0.356 e. The SMILES string of the molecule is [AlH2][c]1ccc(-c2cc[c]([AlH][c]3ccc(-c4cc[c]([AlH2])s4)s3)s2)s1. The van der Waals surface area contributed by atoms with Crippen LogP contribution in [0.15, 0.2) is 48.5 Å². The molecule has 0 nitrogen and oxygen atoms in total. The lowest BCUT2D eigenvalue weighted by molar-refractivity contribution is 1.95. The minimum absolute atomic E-state index is 0.325. The van der Waals surface area contributed by atoms with Gasteiger partial charge in [-0.1, -0.05) is 39.2 Å². The van der Waals surface area contributed by atoms with Crippen LogP contribution in [0.5, 0.6) is 0 Å². The Labute approximate surface area is 174 Å². The van der Waals surface area contributed by atoms with Gasteiger partial charge in [0.25, 0.3) is 32.6 Å². The molecule has 0 spiro atoms. The van der Waals surface area contributed by atoms with E-state index in [2.05, 4.69) is 48.5 Å². The molecule has 0 unspecified atom stereocenters. The smallest absolute Gasteiger partial charge is 0.159 e. The van der Waals surface area contributed by atoms with E-state index in [-0.39, 0.29) is 15.2 Å². The van der Waals surface area contributed by atoms with E-state index in [1.807, 2.05) is 45.3 Å². The molecule has 4 rings (SSSR count). The van der Waals surface area contributed by atoms with Crippen molar-refractivity contribution < 1.29 is 0 Å². The van der Waals surface area contributed by atoms with Gasteiger partial charge in [-0.25, -0.2) is 0 Å². The van der Waals surface area contributed by atoms with Gasteiger partial charge in [0, 0.05) is 19.5 Å². The highest BCUT2D eigenvalue weighted by Crippen LogP contribution is 2.28. The largest absolute Gasteiger partial charge is 0.356 e. The number of thiophene rings is 4. The Balaban J connectivity index is 1.53. The topological polar surface area (TPSA) is 0 Å². The van der Waals surface area contributed by atoms with Crippen molar-refractivity contribution in [2.45, 2.75) is 0 Å². The maximum atomic E-state index is 2.36. The molecule has 0 fully saturated rings. The van der Waals surface area contributed by atoms with Crippen molar-refractivity contribution in [3.8, 4) is 19.5 Å². The standard InChI is InChI=1S/2C8H4S2.3Al.5H/c2*1-3-7(9-5-1)8-4-2-6-10-8;;;;;;;;/h2*1-4H;;;;;;;;. The molecule has 0 aliphatic carbocycles. The number of hydrogen-bond donors (Lipinski definition) is 0. The second-order valence-corrected chi connectivity index (χ2v) is 16.9. The molecule has 4 aromatic heterocycles. The zero-order valence-electron chi connectivity index (χ0n) is 13.0. The predicted molar refractivity (Wildman–Crippen MR) is 118 cm³/mol. The highest BCUT2D eigenvalue weighted by Gasteiger charge is 2.11. The van der Waals surface area contributed by atoms with Crippen LogP contribution in [0, 0.1) is 0 Å². The molecule has 0 saturated heterocycles. The number of rotatable bonds is 4. The average molecular weight is 414 g/mol. The molecule has 7 heteroatoms. The zero-order chi connectivity index (χ0) is 15.8. The minimum Gasteiger partial charge on any atom is -0.159 e. The van der Waals surface area contributed by atoms with Gasteiger partial charge >= 0.3 is 15.2 Å². The Hall–Kier alpha value is 0.397. The third-order valence-corrected chi connectivity index (χ3v) is 12.7. The first-order valence-electron chi connectivity index (χ1n) is 7.48. The van der Waals surface area contributed by atoms with Gasteiger partial charge in [0.05, 0.1) is 0 Å². The lowest BCUT2D eigenvalue weighted by Gasteiger charge is -1.92. The van der Waals surface area contributed by atoms with Gasteiger partial charge in [0.15, 0.2) is 0 Å². The van der Waals surface area contributed by atoms with Crippen LogP contribution < -0.4 is 15.0 Å². The van der Waals surface area contributed by atoms with Crippen LogP contribution in [0.25, 0.3) is 19.5 Å². The Morgan fingerprint density at radius 2 is 0.913 bits per heavy atom. The van der Waals surface area contributed by atoms with E-state index in [4.69, 9.17) is 0 Å². The first-order valence-corrected chi connectivity index (χ1v) is 14.2. The lowest BCUT2D eigenvalue weighted by Crippen LogP contribution is -2.21. The van der Waals surface area contributed by atoms with Gasteiger partial charge < -0.3 is 0 Å². The van der Waals surface area contributed by atoms with Crippen molar-refractivity contribution in [3.63, 3.8) is 0 Å². The zero-order valence-corrected chi connectivity index (χ0v) is 21.6. The summed E-state index contributed by atoms with van der Waals surface area (Å²) in [6, 6.07) is 18.5. The molecule has 0 radical (unpaired) electrons. The fraction of sp³-hybridized carbons (Fsp3) is 0. The highest BCUT2D eigenvalue weighted by molar-refractivity contribution is 7.34. The number of hydrogen-bond acceptors (Lipinski definition) is 4. The molecule has 4 aromatic rings. The summed E-state index contributed by atoms with van der Waals surface area (Å²) in [6.45, 7) is 0. The van der Waals surface area contributed by atoms with Crippen molar-refractivity contribution >= 4 is 108 Å².